The van der Waals surface area contributed by atoms with Gasteiger partial charge >= 0.3 is 0 Å². The van der Waals surface area contributed by atoms with Crippen LogP contribution < -0.4 is 10.5 Å². The van der Waals surface area contributed by atoms with Crippen LogP contribution in [0.15, 0.2) is 65.7 Å². The van der Waals surface area contributed by atoms with Gasteiger partial charge in [0.2, 0.25) is 0 Å². The number of ether oxygens (including phenoxy) is 1. The van der Waals surface area contributed by atoms with Crippen LogP contribution in [-0.4, -0.2) is 17.3 Å². The lowest BCUT2D eigenvalue weighted by Gasteiger charge is -2.10. The van der Waals surface area contributed by atoms with Crippen molar-refractivity contribution >= 4 is 28.4 Å². The number of nitrogens with two attached hydrogens (primary N) is 1. The molecule has 1 aromatic heterocycles. The van der Waals surface area contributed by atoms with E-state index in [4.69, 9.17) is 10.5 Å². The van der Waals surface area contributed by atoms with Crippen LogP contribution in [0.5, 0.6) is 5.75 Å². The minimum atomic E-state index is 0.634. The number of anilines is 1. The highest BCUT2D eigenvalue weighted by Gasteiger charge is 2.05. The van der Waals surface area contributed by atoms with E-state index in [1.165, 1.54) is 4.90 Å². The van der Waals surface area contributed by atoms with Gasteiger partial charge in [0.05, 0.1) is 6.61 Å². The molecule has 0 fully saturated rings. The lowest BCUT2D eigenvalue weighted by molar-refractivity contribution is 0.347. The molecule has 0 bridgehead atoms. The van der Waals surface area contributed by atoms with Crippen molar-refractivity contribution in [3.63, 3.8) is 0 Å². The molecule has 0 saturated carbocycles. The Hall–Kier alpha value is -2.20. The summed E-state index contributed by atoms with van der Waals surface area (Å²) in [6.07, 6.45) is 1.76. The number of benzene rings is 2. The third kappa shape index (κ3) is 3.28. The van der Waals surface area contributed by atoms with Gasteiger partial charge in [-0.1, -0.05) is 18.2 Å². The highest BCUT2D eigenvalue weighted by Crippen LogP contribution is 2.28. The minimum absolute atomic E-state index is 0.634. The van der Waals surface area contributed by atoms with E-state index in [9.17, 15) is 0 Å². The number of hydrogen-bond donors (Lipinski definition) is 1. The number of nitrogens with zero attached hydrogens (tertiary/aromatic N) is 1. The van der Waals surface area contributed by atoms with E-state index in [0.717, 1.165) is 28.1 Å². The number of hydrogen-bond acceptors (Lipinski definition) is 4. The van der Waals surface area contributed by atoms with Gasteiger partial charge in [-0.2, -0.15) is 0 Å². The quantitative estimate of drug-likeness (QED) is 0.439. The molecule has 1 heterocycles. The third-order valence-electron chi connectivity index (χ3n) is 3.12. The van der Waals surface area contributed by atoms with Crippen LogP contribution in [0.3, 0.4) is 0 Å². The fraction of sp³-hybridized carbons (Fsp3) is 0.118. The lowest BCUT2D eigenvalue weighted by atomic mass is 10.2. The molecular formula is C17H16N2OS. The van der Waals surface area contributed by atoms with Crippen molar-refractivity contribution in [2.75, 3.05) is 18.1 Å². The van der Waals surface area contributed by atoms with Crippen LogP contribution in [0.1, 0.15) is 0 Å². The topological polar surface area (TPSA) is 48.1 Å². The molecule has 0 aliphatic carbocycles. The average Bonchev–Trinajstić information content (AvgIpc) is 2.55. The van der Waals surface area contributed by atoms with Gasteiger partial charge < -0.3 is 10.5 Å². The predicted octanol–water partition coefficient (Wildman–Crippen LogP) is 3.99. The molecule has 0 radical (unpaired) electrons. The molecule has 0 aliphatic heterocycles. The maximum atomic E-state index is 5.96. The molecule has 3 aromatic rings. The van der Waals surface area contributed by atoms with E-state index in [1.807, 2.05) is 42.5 Å². The lowest BCUT2D eigenvalue weighted by Crippen LogP contribution is -2.01. The monoisotopic (exact) mass is 296 g/mol. The first kappa shape index (κ1) is 13.8. The fourth-order valence-electron chi connectivity index (χ4n) is 2.11. The Labute approximate surface area is 128 Å². The second kappa shape index (κ2) is 6.50. The van der Waals surface area contributed by atoms with Crippen LogP contribution in [0.2, 0.25) is 0 Å². The summed E-state index contributed by atoms with van der Waals surface area (Å²) < 4.78 is 5.86. The Morgan fingerprint density at radius 3 is 2.71 bits per heavy atom. The van der Waals surface area contributed by atoms with Gasteiger partial charge in [-0.25, -0.2) is 0 Å². The summed E-state index contributed by atoms with van der Waals surface area (Å²) in [6, 6.07) is 17.9. The second-order valence-corrected chi connectivity index (χ2v) is 5.73. The molecule has 0 spiro atoms. The van der Waals surface area contributed by atoms with Crippen LogP contribution in [0.25, 0.3) is 10.9 Å². The molecule has 21 heavy (non-hydrogen) atoms. The number of nitrogen functional groups attached to an aromatic ring is 1. The SMILES string of the molecule is Nc1ccc(OCCSc2ccccc2)c2ncccc12. The number of thioether (sulfide) groups is 1. The standard InChI is InChI=1S/C17H16N2OS/c18-15-8-9-16(17-14(15)7-4-10-19-17)20-11-12-21-13-5-2-1-3-6-13/h1-10H,11-12,18H2. The molecule has 3 nitrogen and oxygen atoms in total. The van der Waals surface area contributed by atoms with E-state index < -0.39 is 0 Å². The molecule has 0 amide bonds. The number of aromatic nitrogens is 1. The highest BCUT2D eigenvalue weighted by atomic mass is 32.2. The van der Waals surface area contributed by atoms with Crippen molar-refractivity contribution in [3.8, 4) is 5.75 Å². The minimum Gasteiger partial charge on any atom is -0.490 e. The number of rotatable bonds is 5. The molecule has 0 atom stereocenters. The van der Waals surface area contributed by atoms with Crippen molar-refractivity contribution in [3.05, 3.63) is 60.8 Å². The zero-order valence-electron chi connectivity index (χ0n) is 11.5. The van der Waals surface area contributed by atoms with E-state index >= 15 is 0 Å². The van der Waals surface area contributed by atoms with Crippen molar-refractivity contribution in [2.45, 2.75) is 4.90 Å². The van der Waals surface area contributed by atoms with Gasteiger partial charge in [0, 0.05) is 27.9 Å². The summed E-state index contributed by atoms with van der Waals surface area (Å²) >= 11 is 1.78. The predicted molar refractivity (Wildman–Crippen MR) is 88.8 cm³/mol. The third-order valence-corrected chi connectivity index (χ3v) is 4.10. The van der Waals surface area contributed by atoms with E-state index in [-0.39, 0.29) is 0 Å². The number of pyridine rings is 1. The van der Waals surface area contributed by atoms with E-state index in [2.05, 4.69) is 17.1 Å². The second-order valence-electron chi connectivity index (χ2n) is 4.56. The number of fused-ring (bicyclic) bond motifs is 1. The van der Waals surface area contributed by atoms with Crippen molar-refractivity contribution in [1.82, 2.24) is 4.98 Å². The van der Waals surface area contributed by atoms with Gasteiger partial charge in [-0.3, -0.25) is 4.98 Å². The molecule has 4 heteroatoms. The Bertz CT molecular complexity index is 731. The van der Waals surface area contributed by atoms with Crippen molar-refractivity contribution < 1.29 is 4.74 Å². The molecule has 0 unspecified atom stereocenters. The molecular weight excluding hydrogens is 280 g/mol. The first-order chi connectivity index (χ1) is 10.3. The normalized spacial score (nSPS) is 10.7. The fourth-order valence-corrected chi connectivity index (χ4v) is 2.87. The van der Waals surface area contributed by atoms with Gasteiger partial charge in [0.25, 0.3) is 0 Å². The Morgan fingerprint density at radius 1 is 1.00 bits per heavy atom. The Balaban J connectivity index is 1.65. The van der Waals surface area contributed by atoms with Gasteiger partial charge in [-0.15, -0.1) is 11.8 Å². The van der Waals surface area contributed by atoms with Crippen molar-refractivity contribution in [1.29, 1.82) is 0 Å². The Morgan fingerprint density at radius 2 is 1.86 bits per heavy atom. The highest BCUT2D eigenvalue weighted by molar-refractivity contribution is 7.99. The molecule has 2 aromatic carbocycles. The maximum Gasteiger partial charge on any atom is 0.145 e. The van der Waals surface area contributed by atoms with Crippen LogP contribution in [0.4, 0.5) is 5.69 Å². The van der Waals surface area contributed by atoms with Crippen LogP contribution in [-0.2, 0) is 0 Å². The molecule has 106 valence electrons. The zero-order chi connectivity index (χ0) is 14.5. The van der Waals surface area contributed by atoms with Gasteiger partial charge in [-0.05, 0) is 36.4 Å². The summed E-state index contributed by atoms with van der Waals surface area (Å²) in [6.45, 7) is 0.634. The van der Waals surface area contributed by atoms with Crippen LogP contribution >= 0.6 is 11.8 Å². The smallest absolute Gasteiger partial charge is 0.145 e. The Kier molecular flexibility index (Phi) is 4.26. The van der Waals surface area contributed by atoms with Crippen molar-refractivity contribution in [2.24, 2.45) is 0 Å². The van der Waals surface area contributed by atoms with Crippen LogP contribution in [0, 0.1) is 0 Å². The largest absolute Gasteiger partial charge is 0.490 e. The molecule has 0 aliphatic rings. The average molecular weight is 296 g/mol. The first-order valence-corrected chi connectivity index (χ1v) is 7.77. The molecule has 2 N–H and O–H groups in total. The summed E-state index contributed by atoms with van der Waals surface area (Å²) in [4.78, 5) is 5.62. The van der Waals surface area contributed by atoms with E-state index in [1.54, 1.807) is 18.0 Å². The summed E-state index contributed by atoms with van der Waals surface area (Å²) in [7, 11) is 0. The zero-order valence-corrected chi connectivity index (χ0v) is 12.3. The van der Waals surface area contributed by atoms with Gasteiger partial charge in [0.15, 0.2) is 0 Å². The summed E-state index contributed by atoms with van der Waals surface area (Å²) in [5.74, 6) is 1.68. The van der Waals surface area contributed by atoms with Gasteiger partial charge in [0.1, 0.15) is 11.3 Å². The maximum absolute atomic E-state index is 5.96. The first-order valence-electron chi connectivity index (χ1n) is 6.78. The summed E-state index contributed by atoms with van der Waals surface area (Å²) in [5, 5.41) is 0.936. The molecule has 3 rings (SSSR count). The summed E-state index contributed by atoms with van der Waals surface area (Å²) in [5.41, 5.74) is 7.50. The molecule has 0 saturated heterocycles. The van der Waals surface area contributed by atoms with E-state index in [0.29, 0.717) is 6.61 Å².